The van der Waals surface area contributed by atoms with E-state index in [-0.39, 0.29) is 53.1 Å². The summed E-state index contributed by atoms with van der Waals surface area (Å²) in [7, 11) is 0. The van der Waals surface area contributed by atoms with E-state index in [4.69, 9.17) is 28.4 Å². The zero-order valence-corrected chi connectivity index (χ0v) is 38.4. The Morgan fingerprint density at radius 3 is 1.98 bits per heavy atom. The van der Waals surface area contributed by atoms with Crippen LogP contribution in [0.15, 0.2) is 0 Å². The van der Waals surface area contributed by atoms with Crippen molar-refractivity contribution in [2.75, 3.05) is 19.8 Å². The second-order valence-electron chi connectivity index (χ2n) is 23.1. The number of aliphatic hydroxyl groups excluding tert-OH is 11. The molecule has 8 aliphatic rings. The molecule has 25 atom stereocenters. The molecule has 8 fully saturated rings. The average molecular weight is 919 g/mol. The number of ether oxygens (including phenoxy) is 6. The Hall–Kier alpha value is -0.720. The maximum absolute atomic E-state index is 12.6. The van der Waals surface area contributed by atoms with Gasteiger partial charge in [-0.15, -0.1) is 0 Å². The molecule has 370 valence electrons. The third-order valence-electron chi connectivity index (χ3n) is 19.0. The van der Waals surface area contributed by atoms with Gasteiger partial charge >= 0.3 is 0 Å². The number of fused-ring (bicyclic) bond motifs is 2. The van der Waals surface area contributed by atoms with Gasteiger partial charge in [0.1, 0.15) is 61.0 Å². The van der Waals surface area contributed by atoms with E-state index in [1.807, 2.05) is 0 Å². The number of aliphatic hydroxyl groups is 12. The molecular formula is C46H78O18. The van der Waals surface area contributed by atoms with Crippen LogP contribution in [0.3, 0.4) is 0 Å². The smallest absolute Gasteiger partial charge is 0.186 e. The largest absolute Gasteiger partial charge is 0.394 e. The van der Waals surface area contributed by atoms with Gasteiger partial charge in [0.05, 0.1) is 49.8 Å². The third-order valence-corrected chi connectivity index (χ3v) is 19.0. The summed E-state index contributed by atoms with van der Waals surface area (Å²) in [6.07, 6.45) is -15.1. The van der Waals surface area contributed by atoms with Crippen LogP contribution in [0, 0.1) is 50.7 Å². The molecule has 0 amide bonds. The quantitative estimate of drug-likeness (QED) is 0.105. The molecule has 0 aromatic heterocycles. The normalized spacial score (nSPS) is 54.5. The Labute approximate surface area is 375 Å². The van der Waals surface area contributed by atoms with Gasteiger partial charge in [-0.3, -0.25) is 0 Å². The van der Waals surface area contributed by atoms with Gasteiger partial charge in [0, 0.05) is 0 Å². The van der Waals surface area contributed by atoms with Crippen LogP contribution in [0.4, 0.5) is 0 Å². The minimum absolute atomic E-state index is 0.0345. The van der Waals surface area contributed by atoms with Crippen LogP contribution < -0.4 is 0 Å². The van der Waals surface area contributed by atoms with Crippen molar-refractivity contribution in [1.29, 1.82) is 0 Å². The van der Waals surface area contributed by atoms with E-state index >= 15 is 0 Å². The van der Waals surface area contributed by atoms with E-state index < -0.39 is 127 Å². The molecule has 0 aromatic rings. The first-order valence-electron chi connectivity index (χ1n) is 23.8. The Balaban J connectivity index is 1.05. The van der Waals surface area contributed by atoms with Gasteiger partial charge in [0.2, 0.25) is 0 Å². The SMILES string of the molecule is C[C@H](CCC(O)C(C)(C)O)C1C(O[C@@H]2OC(CO)[C@@H](O)C(O)C2O)C[C@@]2(C)C3C[C@H](O)C4C(C)(C)C(O[C@@H]5OC[C@@H](O)C(O)C5O[C@@H]5OC[C@H](O)C(O)C5O)CC[C@@]45C[C@@]35CC[C@]12C. The van der Waals surface area contributed by atoms with Gasteiger partial charge in [-0.05, 0) is 122 Å². The molecule has 5 aliphatic carbocycles. The summed E-state index contributed by atoms with van der Waals surface area (Å²) >= 11 is 0. The Kier molecular flexibility index (Phi) is 13.4. The van der Waals surface area contributed by atoms with Crippen LogP contribution in [0.5, 0.6) is 0 Å². The molecule has 0 bridgehead atoms. The molecule has 3 aliphatic heterocycles. The summed E-state index contributed by atoms with van der Waals surface area (Å²) in [4.78, 5) is 0. The molecule has 0 aromatic carbocycles. The highest BCUT2D eigenvalue weighted by atomic mass is 16.8. The molecule has 5 saturated carbocycles. The van der Waals surface area contributed by atoms with Crippen molar-refractivity contribution in [3.05, 3.63) is 0 Å². The maximum Gasteiger partial charge on any atom is 0.186 e. The molecule has 8 rings (SSSR count). The highest BCUT2D eigenvalue weighted by Crippen LogP contribution is 2.89. The first-order valence-corrected chi connectivity index (χ1v) is 23.8. The summed E-state index contributed by atoms with van der Waals surface area (Å²) in [6.45, 7) is 13.0. The predicted molar refractivity (Wildman–Crippen MR) is 222 cm³/mol. The second kappa shape index (κ2) is 17.3. The standard InChI is InChI=1S/C46H78O18/c1-20(8-9-27(51)42(4,5)58)29-24(61-39-35(57)33(55)32(54)25(16-47)62-39)15-44(7)26-14-21(48)37-41(2,3)28(10-11-46(37)19-45(26,46)13-12-43(29,44)6)63-40-36(31(53)23(50)18-60-40)64-38-34(56)30(52)22(49)17-59-38/h20-40,47-58H,8-19H2,1-7H3/t20-,21+,22+,23-,24?,25?,26?,27?,28?,29?,30?,31?,32-,33?,34?,35?,36?,37?,38+,39-,40+,43-,44+,45+,46-/m1/s1. The van der Waals surface area contributed by atoms with Crippen LogP contribution in [-0.2, 0) is 28.4 Å². The Morgan fingerprint density at radius 1 is 0.688 bits per heavy atom. The first kappa shape index (κ1) is 49.7. The van der Waals surface area contributed by atoms with Gasteiger partial charge in [-0.25, -0.2) is 0 Å². The molecule has 18 heteroatoms. The molecule has 13 unspecified atom stereocenters. The molecular weight excluding hydrogens is 840 g/mol. The lowest BCUT2D eigenvalue weighted by atomic mass is 9.41. The zero-order chi connectivity index (χ0) is 46.9. The second-order valence-corrected chi connectivity index (χ2v) is 23.1. The summed E-state index contributed by atoms with van der Waals surface area (Å²) in [5.41, 5.74) is -2.98. The van der Waals surface area contributed by atoms with Gasteiger partial charge in [0.15, 0.2) is 18.9 Å². The Bertz CT molecular complexity index is 1650. The van der Waals surface area contributed by atoms with Crippen molar-refractivity contribution < 1.29 is 89.7 Å². The van der Waals surface area contributed by atoms with Crippen molar-refractivity contribution in [2.45, 2.75) is 216 Å². The minimum Gasteiger partial charge on any atom is -0.394 e. The van der Waals surface area contributed by atoms with E-state index in [0.29, 0.717) is 32.1 Å². The van der Waals surface area contributed by atoms with E-state index in [1.165, 1.54) is 0 Å². The van der Waals surface area contributed by atoms with Gasteiger partial charge < -0.3 is 89.7 Å². The summed E-state index contributed by atoms with van der Waals surface area (Å²) in [5, 5.41) is 129. The van der Waals surface area contributed by atoms with Crippen molar-refractivity contribution in [2.24, 2.45) is 50.7 Å². The van der Waals surface area contributed by atoms with Crippen LogP contribution in [-0.4, -0.2) is 191 Å². The van der Waals surface area contributed by atoms with E-state index in [2.05, 4.69) is 34.6 Å². The molecule has 0 radical (unpaired) electrons. The predicted octanol–water partition coefficient (Wildman–Crippen LogP) is -0.973. The van der Waals surface area contributed by atoms with Crippen LogP contribution in [0.25, 0.3) is 0 Å². The van der Waals surface area contributed by atoms with Crippen molar-refractivity contribution in [1.82, 2.24) is 0 Å². The lowest BCUT2D eigenvalue weighted by molar-refractivity contribution is -0.356. The lowest BCUT2D eigenvalue weighted by Crippen LogP contribution is -2.63. The van der Waals surface area contributed by atoms with E-state index in [9.17, 15) is 61.3 Å². The number of hydrogen-bond acceptors (Lipinski definition) is 18. The van der Waals surface area contributed by atoms with Crippen LogP contribution in [0.1, 0.15) is 106 Å². The third kappa shape index (κ3) is 7.68. The summed E-state index contributed by atoms with van der Waals surface area (Å²) in [5.74, 6) is -0.269. The Morgan fingerprint density at radius 2 is 1.33 bits per heavy atom. The molecule has 12 N–H and O–H groups in total. The number of rotatable bonds is 12. The maximum atomic E-state index is 12.6. The van der Waals surface area contributed by atoms with Gasteiger partial charge in [0.25, 0.3) is 0 Å². The van der Waals surface area contributed by atoms with E-state index in [1.54, 1.807) is 13.8 Å². The van der Waals surface area contributed by atoms with Crippen LogP contribution >= 0.6 is 0 Å². The van der Waals surface area contributed by atoms with Crippen LogP contribution in [0.2, 0.25) is 0 Å². The fraction of sp³-hybridized carbons (Fsp3) is 1.00. The monoisotopic (exact) mass is 919 g/mol. The molecule has 3 heterocycles. The number of hydrogen-bond donors (Lipinski definition) is 12. The fourth-order valence-electron chi connectivity index (χ4n) is 15.4. The highest BCUT2D eigenvalue weighted by molar-refractivity contribution is 5.32. The summed E-state index contributed by atoms with van der Waals surface area (Å²) in [6, 6.07) is 0. The topological polar surface area (TPSA) is 298 Å². The van der Waals surface area contributed by atoms with Gasteiger partial charge in [-0.2, -0.15) is 0 Å². The summed E-state index contributed by atoms with van der Waals surface area (Å²) < 4.78 is 36.8. The molecule has 64 heavy (non-hydrogen) atoms. The van der Waals surface area contributed by atoms with Crippen molar-refractivity contribution in [3.63, 3.8) is 0 Å². The van der Waals surface area contributed by atoms with E-state index in [0.717, 1.165) is 25.7 Å². The molecule has 18 nitrogen and oxygen atoms in total. The lowest BCUT2D eigenvalue weighted by Gasteiger charge is -2.64. The fourth-order valence-corrected chi connectivity index (χ4v) is 15.4. The first-order chi connectivity index (χ1) is 29.8. The van der Waals surface area contributed by atoms with Gasteiger partial charge in [-0.1, -0.05) is 34.6 Å². The highest BCUT2D eigenvalue weighted by Gasteiger charge is 2.84. The molecule has 3 saturated heterocycles. The minimum atomic E-state index is -1.64. The average Bonchev–Trinajstić information content (AvgIpc) is 3.81. The van der Waals surface area contributed by atoms with Crippen molar-refractivity contribution in [3.8, 4) is 0 Å². The van der Waals surface area contributed by atoms with Crippen molar-refractivity contribution >= 4 is 0 Å². The zero-order valence-electron chi connectivity index (χ0n) is 38.4. The molecule has 2 spiro atoms.